The van der Waals surface area contributed by atoms with Crippen LogP contribution in [0.15, 0.2) is 22.5 Å². The Morgan fingerprint density at radius 3 is 2.65 bits per heavy atom. The summed E-state index contributed by atoms with van der Waals surface area (Å²) in [5, 5.41) is 14.3. The van der Waals surface area contributed by atoms with Crippen LogP contribution >= 0.6 is 23.1 Å². The number of aromatic nitrogens is 2. The highest BCUT2D eigenvalue weighted by molar-refractivity contribution is 8.01. The third-order valence-electron chi connectivity index (χ3n) is 5.12. The molecule has 1 saturated carbocycles. The number of thioether (sulfide) groups is 1. The molecule has 1 aromatic heterocycles. The number of methoxy groups -OCH3 is 2. The largest absolute Gasteiger partial charge is 0.493 e. The summed E-state index contributed by atoms with van der Waals surface area (Å²) < 4.78 is 11.2. The van der Waals surface area contributed by atoms with Crippen molar-refractivity contribution in [2.75, 3.05) is 31.8 Å². The van der Waals surface area contributed by atoms with Crippen molar-refractivity contribution < 1.29 is 19.1 Å². The first-order chi connectivity index (χ1) is 15.1. The number of rotatable bonds is 10. The number of nitrogens with zero attached hydrogens (tertiary/aromatic N) is 2. The third-order valence-corrected chi connectivity index (χ3v) is 7.10. The Kier molecular flexibility index (Phi) is 8.96. The van der Waals surface area contributed by atoms with Crippen LogP contribution < -0.4 is 20.1 Å². The van der Waals surface area contributed by atoms with E-state index in [4.69, 9.17) is 9.47 Å². The van der Waals surface area contributed by atoms with Crippen molar-refractivity contribution in [2.24, 2.45) is 5.92 Å². The van der Waals surface area contributed by atoms with E-state index in [2.05, 4.69) is 20.8 Å². The van der Waals surface area contributed by atoms with E-state index in [0.717, 1.165) is 31.2 Å². The molecular weight excluding hydrogens is 436 g/mol. The van der Waals surface area contributed by atoms with E-state index in [-0.39, 0.29) is 23.5 Å². The molecule has 2 aromatic rings. The number of nitrogens with one attached hydrogen (secondary N) is 2. The summed E-state index contributed by atoms with van der Waals surface area (Å²) in [5.74, 6) is 1.62. The maximum Gasteiger partial charge on any atom is 0.230 e. The molecule has 0 saturated heterocycles. The Morgan fingerprint density at radius 1 is 1.13 bits per heavy atom. The van der Waals surface area contributed by atoms with Gasteiger partial charge in [0.1, 0.15) is 0 Å². The first-order valence-electron chi connectivity index (χ1n) is 10.3. The summed E-state index contributed by atoms with van der Waals surface area (Å²) in [6.45, 7) is 0.522. The van der Waals surface area contributed by atoms with Gasteiger partial charge in [0.15, 0.2) is 15.8 Å². The topological polar surface area (TPSA) is 102 Å². The molecule has 31 heavy (non-hydrogen) atoms. The minimum Gasteiger partial charge on any atom is -0.493 e. The van der Waals surface area contributed by atoms with Gasteiger partial charge in [0.25, 0.3) is 0 Å². The fourth-order valence-electron chi connectivity index (χ4n) is 3.45. The van der Waals surface area contributed by atoms with Crippen LogP contribution in [0, 0.1) is 5.92 Å². The lowest BCUT2D eigenvalue weighted by atomic mass is 9.89. The van der Waals surface area contributed by atoms with Gasteiger partial charge in [-0.25, -0.2) is 0 Å². The predicted octanol–water partition coefficient (Wildman–Crippen LogP) is 3.53. The molecule has 1 aliphatic carbocycles. The van der Waals surface area contributed by atoms with Crippen LogP contribution in [0.2, 0.25) is 0 Å². The molecule has 1 aromatic carbocycles. The molecule has 1 fully saturated rings. The molecule has 0 atom stereocenters. The minimum absolute atomic E-state index is 0.0281. The molecular formula is C21H28N4O4S2. The van der Waals surface area contributed by atoms with Gasteiger partial charge >= 0.3 is 0 Å². The Labute approximate surface area is 190 Å². The van der Waals surface area contributed by atoms with Crippen molar-refractivity contribution in [1.82, 2.24) is 15.5 Å². The molecule has 168 valence electrons. The number of ether oxygens (including phenoxy) is 2. The highest BCUT2D eigenvalue weighted by Crippen LogP contribution is 2.29. The van der Waals surface area contributed by atoms with E-state index in [1.807, 2.05) is 18.2 Å². The quantitative estimate of drug-likeness (QED) is 0.410. The van der Waals surface area contributed by atoms with Crippen LogP contribution in [0.25, 0.3) is 0 Å². The Hall–Kier alpha value is -2.33. The van der Waals surface area contributed by atoms with Crippen LogP contribution in [-0.4, -0.2) is 48.5 Å². The van der Waals surface area contributed by atoms with Crippen molar-refractivity contribution in [1.29, 1.82) is 0 Å². The summed E-state index contributed by atoms with van der Waals surface area (Å²) >= 11 is 2.61. The lowest BCUT2D eigenvalue weighted by molar-refractivity contribution is -0.121. The summed E-state index contributed by atoms with van der Waals surface area (Å²) in [5.41, 5.74) is 1.05. The van der Waals surface area contributed by atoms with Crippen LogP contribution in [0.3, 0.4) is 0 Å². The number of hydrogen-bond acceptors (Lipinski definition) is 8. The number of benzene rings is 1. The molecule has 3 rings (SSSR count). The monoisotopic (exact) mass is 464 g/mol. The maximum absolute atomic E-state index is 12.3. The SMILES string of the molecule is COc1ccc(CCNC(=O)CSc2nnc(NC(=O)C3CCCCC3)s2)cc1OC. The molecule has 8 nitrogen and oxygen atoms in total. The highest BCUT2D eigenvalue weighted by Gasteiger charge is 2.22. The second-order valence-corrected chi connectivity index (χ2v) is 9.48. The van der Waals surface area contributed by atoms with E-state index in [0.29, 0.717) is 33.9 Å². The van der Waals surface area contributed by atoms with E-state index < -0.39 is 0 Å². The molecule has 0 bridgehead atoms. The van der Waals surface area contributed by atoms with Gasteiger partial charge in [-0.2, -0.15) is 0 Å². The predicted molar refractivity (Wildman–Crippen MR) is 122 cm³/mol. The van der Waals surface area contributed by atoms with Gasteiger partial charge in [-0.3, -0.25) is 9.59 Å². The van der Waals surface area contributed by atoms with Crippen LogP contribution in [-0.2, 0) is 16.0 Å². The van der Waals surface area contributed by atoms with Crippen molar-refractivity contribution in [3.8, 4) is 11.5 Å². The van der Waals surface area contributed by atoms with Gasteiger partial charge in [-0.1, -0.05) is 48.4 Å². The Bertz CT molecular complexity index is 884. The molecule has 0 radical (unpaired) electrons. The summed E-state index contributed by atoms with van der Waals surface area (Å²) in [6, 6.07) is 5.71. The molecule has 0 spiro atoms. The molecule has 1 aliphatic rings. The number of hydrogen-bond donors (Lipinski definition) is 2. The van der Waals surface area contributed by atoms with E-state index in [1.54, 1.807) is 14.2 Å². The zero-order chi connectivity index (χ0) is 22.1. The second kappa shape index (κ2) is 11.9. The Balaban J connectivity index is 1.37. The molecule has 0 unspecified atom stereocenters. The van der Waals surface area contributed by atoms with Crippen molar-refractivity contribution >= 4 is 40.0 Å². The number of carbonyl (C=O) groups is 2. The number of anilines is 1. The second-order valence-electron chi connectivity index (χ2n) is 7.28. The lowest BCUT2D eigenvalue weighted by Gasteiger charge is -2.19. The summed E-state index contributed by atoms with van der Waals surface area (Å²) in [4.78, 5) is 24.4. The van der Waals surface area contributed by atoms with Crippen LogP contribution in [0.4, 0.5) is 5.13 Å². The zero-order valence-corrected chi connectivity index (χ0v) is 19.4. The van der Waals surface area contributed by atoms with Crippen LogP contribution in [0.5, 0.6) is 11.5 Å². The van der Waals surface area contributed by atoms with Gasteiger partial charge in [0.2, 0.25) is 16.9 Å². The highest BCUT2D eigenvalue weighted by atomic mass is 32.2. The maximum atomic E-state index is 12.3. The molecule has 10 heteroatoms. The average Bonchev–Trinajstić information content (AvgIpc) is 3.25. The number of amides is 2. The average molecular weight is 465 g/mol. The van der Waals surface area contributed by atoms with Crippen molar-refractivity contribution in [2.45, 2.75) is 42.9 Å². The van der Waals surface area contributed by atoms with Gasteiger partial charge in [0, 0.05) is 12.5 Å². The smallest absolute Gasteiger partial charge is 0.230 e. The molecule has 0 aliphatic heterocycles. The molecule has 2 N–H and O–H groups in total. The van der Waals surface area contributed by atoms with Gasteiger partial charge in [-0.15, -0.1) is 10.2 Å². The van der Waals surface area contributed by atoms with Crippen molar-refractivity contribution in [3.05, 3.63) is 23.8 Å². The van der Waals surface area contributed by atoms with Gasteiger partial charge < -0.3 is 20.1 Å². The first kappa shape index (κ1) is 23.3. The Morgan fingerprint density at radius 2 is 1.90 bits per heavy atom. The van der Waals surface area contributed by atoms with E-state index in [9.17, 15) is 9.59 Å². The minimum atomic E-state index is -0.0755. The van der Waals surface area contributed by atoms with E-state index >= 15 is 0 Å². The fourth-order valence-corrected chi connectivity index (χ4v) is 5.04. The molecule has 1 heterocycles. The standard InChI is InChI=1S/C21H28N4O4S2/c1-28-16-9-8-14(12-17(16)29-2)10-11-22-18(26)13-30-21-25-24-20(31-21)23-19(27)15-6-4-3-5-7-15/h8-9,12,15H,3-7,10-11,13H2,1-2H3,(H,22,26)(H,23,24,27). The van der Waals surface area contributed by atoms with E-state index in [1.165, 1.54) is 29.5 Å². The molecule has 2 amide bonds. The third kappa shape index (κ3) is 7.10. The van der Waals surface area contributed by atoms with Crippen molar-refractivity contribution in [3.63, 3.8) is 0 Å². The summed E-state index contributed by atoms with van der Waals surface area (Å²) in [7, 11) is 3.20. The lowest BCUT2D eigenvalue weighted by Crippen LogP contribution is -2.27. The van der Waals surface area contributed by atoms with Crippen LogP contribution in [0.1, 0.15) is 37.7 Å². The normalized spacial score (nSPS) is 14.1. The van der Waals surface area contributed by atoms with Gasteiger partial charge in [-0.05, 0) is 37.0 Å². The first-order valence-corrected chi connectivity index (χ1v) is 12.1. The summed E-state index contributed by atoms with van der Waals surface area (Å²) in [6.07, 6.45) is 5.99. The fraction of sp³-hybridized carbons (Fsp3) is 0.524. The zero-order valence-electron chi connectivity index (χ0n) is 17.8. The van der Waals surface area contributed by atoms with Gasteiger partial charge in [0.05, 0.1) is 20.0 Å². The number of carbonyl (C=O) groups excluding carboxylic acids is 2.